The molecule has 2 heterocycles. The molecule has 1 saturated heterocycles. The van der Waals surface area contributed by atoms with Crippen molar-refractivity contribution in [3.63, 3.8) is 0 Å². The Labute approximate surface area is 124 Å². The highest BCUT2D eigenvalue weighted by Gasteiger charge is 2.42. The third kappa shape index (κ3) is 3.00. The van der Waals surface area contributed by atoms with Crippen molar-refractivity contribution in [2.75, 3.05) is 25.2 Å². The lowest BCUT2D eigenvalue weighted by Gasteiger charge is -2.38. The van der Waals surface area contributed by atoms with Crippen molar-refractivity contribution in [3.05, 3.63) is 5.01 Å². The standard InChI is InChI=1S/C12H16F3N3O2S/c1-18(10-17-16-9(21-10)12(13,14)15)8-2-4-11(5-3-8)19-6-7-20-11/h8H,2-7H2,1H3. The molecule has 118 valence electrons. The SMILES string of the molecule is CN(c1nnc(C(F)(F)F)s1)C1CCC2(CC1)OCCO2. The molecule has 1 aliphatic carbocycles. The Morgan fingerprint density at radius 1 is 1.19 bits per heavy atom. The summed E-state index contributed by atoms with van der Waals surface area (Å²) in [7, 11) is 1.76. The molecule has 1 spiro atoms. The molecular formula is C12H16F3N3O2S. The lowest BCUT2D eigenvalue weighted by molar-refractivity contribution is -0.178. The van der Waals surface area contributed by atoms with E-state index in [1.165, 1.54) is 0 Å². The topological polar surface area (TPSA) is 47.5 Å². The van der Waals surface area contributed by atoms with Crippen molar-refractivity contribution >= 4 is 16.5 Å². The summed E-state index contributed by atoms with van der Waals surface area (Å²) in [6, 6.07) is 0.137. The van der Waals surface area contributed by atoms with E-state index >= 15 is 0 Å². The van der Waals surface area contributed by atoms with Gasteiger partial charge in [0.25, 0.3) is 0 Å². The molecule has 0 unspecified atom stereocenters. The van der Waals surface area contributed by atoms with E-state index < -0.39 is 17.0 Å². The van der Waals surface area contributed by atoms with E-state index in [4.69, 9.17) is 9.47 Å². The van der Waals surface area contributed by atoms with Crippen molar-refractivity contribution < 1.29 is 22.6 Å². The van der Waals surface area contributed by atoms with Crippen LogP contribution in [0.2, 0.25) is 0 Å². The second kappa shape index (κ2) is 5.36. The molecule has 0 N–H and O–H groups in total. The van der Waals surface area contributed by atoms with Crippen molar-refractivity contribution in [2.45, 2.75) is 43.7 Å². The monoisotopic (exact) mass is 323 g/mol. The van der Waals surface area contributed by atoms with Crippen molar-refractivity contribution in [1.82, 2.24) is 10.2 Å². The van der Waals surface area contributed by atoms with E-state index in [9.17, 15) is 13.2 Å². The highest BCUT2D eigenvalue weighted by molar-refractivity contribution is 7.15. The van der Waals surface area contributed by atoms with Gasteiger partial charge in [-0.1, -0.05) is 11.3 Å². The van der Waals surface area contributed by atoms with Gasteiger partial charge < -0.3 is 14.4 Å². The van der Waals surface area contributed by atoms with Crippen molar-refractivity contribution in [3.8, 4) is 0 Å². The number of aromatic nitrogens is 2. The Kier molecular flexibility index (Phi) is 3.83. The van der Waals surface area contributed by atoms with Crippen LogP contribution in [0.1, 0.15) is 30.7 Å². The lowest BCUT2D eigenvalue weighted by Crippen LogP contribution is -2.42. The molecule has 2 fully saturated rings. The molecular weight excluding hydrogens is 307 g/mol. The number of halogens is 3. The van der Waals surface area contributed by atoms with Crippen LogP contribution in [0.15, 0.2) is 0 Å². The number of hydrogen-bond donors (Lipinski definition) is 0. The zero-order valence-electron chi connectivity index (χ0n) is 11.5. The first-order chi connectivity index (χ1) is 9.90. The minimum atomic E-state index is -4.43. The molecule has 0 atom stereocenters. The predicted octanol–water partition coefficient (Wildman–Crippen LogP) is 2.68. The van der Waals surface area contributed by atoms with Crippen LogP contribution in [0.3, 0.4) is 0 Å². The summed E-state index contributed by atoms with van der Waals surface area (Å²) >= 11 is 0.582. The summed E-state index contributed by atoms with van der Waals surface area (Å²) in [5, 5.41) is 6.28. The first-order valence-electron chi connectivity index (χ1n) is 6.81. The van der Waals surface area contributed by atoms with Crippen LogP contribution in [0.25, 0.3) is 0 Å². The van der Waals surface area contributed by atoms with Gasteiger partial charge in [0.05, 0.1) is 13.2 Å². The molecule has 0 aromatic carbocycles. The molecule has 0 bridgehead atoms. The molecule has 2 aliphatic rings. The summed E-state index contributed by atoms with van der Waals surface area (Å²) < 4.78 is 49.0. The number of rotatable bonds is 2. The highest BCUT2D eigenvalue weighted by Crippen LogP contribution is 2.39. The van der Waals surface area contributed by atoms with Crippen LogP contribution in [0, 0.1) is 0 Å². The number of nitrogens with zero attached hydrogens (tertiary/aromatic N) is 3. The van der Waals surface area contributed by atoms with Crippen molar-refractivity contribution in [2.24, 2.45) is 0 Å². The van der Waals surface area contributed by atoms with Gasteiger partial charge in [-0.15, -0.1) is 10.2 Å². The number of alkyl halides is 3. The van der Waals surface area contributed by atoms with Gasteiger partial charge in [-0.25, -0.2) is 0 Å². The average molecular weight is 323 g/mol. The Hall–Kier alpha value is -0.930. The first kappa shape index (κ1) is 15.0. The number of hydrogen-bond acceptors (Lipinski definition) is 6. The van der Waals surface area contributed by atoms with Crippen LogP contribution in [0.5, 0.6) is 0 Å². The maximum absolute atomic E-state index is 12.6. The van der Waals surface area contributed by atoms with Crippen LogP contribution in [0.4, 0.5) is 18.3 Å². The van der Waals surface area contributed by atoms with E-state index in [-0.39, 0.29) is 6.04 Å². The van der Waals surface area contributed by atoms with Gasteiger partial charge >= 0.3 is 6.18 Å². The summed E-state index contributed by atoms with van der Waals surface area (Å²) in [5.74, 6) is -0.463. The minimum absolute atomic E-state index is 0.137. The smallest absolute Gasteiger partial charge is 0.348 e. The zero-order chi connectivity index (χ0) is 15.1. The Bertz CT molecular complexity index is 492. The van der Waals surface area contributed by atoms with E-state index in [1.54, 1.807) is 11.9 Å². The van der Waals surface area contributed by atoms with Gasteiger partial charge in [0.2, 0.25) is 10.1 Å². The Morgan fingerprint density at radius 2 is 1.81 bits per heavy atom. The molecule has 9 heteroatoms. The summed E-state index contributed by atoms with van der Waals surface area (Å²) in [6.07, 6.45) is -1.31. The molecule has 21 heavy (non-hydrogen) atoms. The molecule has 0 radical (unpaired) electrons. The summed E-state index contributed by atoms with van der Waals surface area (Å²) in [6.45, 7) is 1.23. The molecule has 0 amide bonds. The maximum atomic E-state index is 12.6. The quantitative estimate of drug-likeness (QED) is 0.837. The van der Waals surface area contributed by atoms with Crippen LogP contribution < -0.4 is 4.90 Å². The fourth-order valence-corrected chi connectivity index (χ4v) is 3.59. The van der Waals surface area contributed by atoms with Gasteiger partial charge in [0, 0.05) is 25.9 Å². The number of ether oxygens (including phenoxy) is 2. The summed E-state index contributed by atoms with van der Waals surface area (Å²) in [5.41, 5.74) is 0. The van der Waals surface area contributed by atoms with E-state index in [0.29, 0.717) is 29.7 Å². The Balaban J connectivity index is 1.63. The molecule has 1 saturated carbocycles. The fourth-order valence-electron chi connectivity index (χ4n) is 2.84. The third-order valence-corrected chi connectivity index (χ3v) is 5.10. The van der Waals surface area contributed by atoms with Crippen LogP contribution in [-0.2, 0) is 15.7 Å². The van der Waals surface area contributed by atoms with Gasteiger partial charge in [0.1, 0.15) is 0 Å². The lowest BCUT2D eigenvalue weighted by atomic mass is 9.89. The van der Waals surface area contributed by atoms with Crippen molar-refractivity contribution in [1.29, 1.82) is 0 Å². The second-order valence-electron chi connectivity index (χ2n) is 5.34. The number of anilines is 1. The fraction of sp³-hybridized carbons (Fsp3) is 0.833. The molecule has 1 aromatic heterocycles. The van der Waals surface area contributed by atoms with Crippen LogP contribution >= 0.6 is 11.3 Å². The zero-order valence-corrected chi connectivity index (χ0v) is 12.3. The van der Waals surface area contributed by atoms with Crippen LogP contribution in [-0.4, -0.2) is 42.3 Å². The molecule has 3 rings (SSSR count). The summed E-state index contributed by atoms with van der Waals surface area (Å²) in [4.78, 5) is 1.79. The second-order valence-corrected chi connectivity index (χ2v) is 6.29. The van der Waals surface area contributed by atoms with E-state index in [0.717, 1.165) is 25.7 Å². The first-order valence-corrected chi connectivity index (χ1v) is 7.63. The Morgan fingerprint density at radius 3 is 2.33 bits per heavy atom. The van der Waals surface area contributed by atoms with Gasteiger partial charge in [-0.05, 0) is 12.8 Å². The van der Waals surface area contributed by atoms with Gasteiger partial charge in [0.15, 0.2) is 5.79 Å². The highest BCUT2D eigenvalue weighted by atomic mass is 32.1. The normalized spacial score (nSPS) is 22.9. The van der Waals surface area contributed by atoms with Gasteiger partial charge in [-0.2, -0.15) is 13.2 Å². The average Bonchev–Trinajstić information content (AvgIpc) is 3.08. The minimum Gasteiger partial charge on any atom is -0.348 e. The van der Waals surface area contributed by atoms with E-state index in [2.05, 4.69) is 10.2 Å². The third-order valence-electron chi connectivity index (χ3n) is 4.04. The molecule has 5 nitrogen and oxygen atoms in total. The predicted molar refractivity (Wildman–Crippen MR) is 70.2 cm³/mol. The molecule has 1 aliphatic heterocycles. The van der Waals surface area contributed by atoms with E-state index in [1.807, 2.05) is 0 Å². The maximum Gasteiger partial charge on any atom is 0.445 e. The molecule has 1 aromatic rings. The largest absolute Gasteiger partial charge is 0.445 e. The van der Waals surface area contributed by atoms with Gasteiger partial charge in [-0.3, -0.25) is 0 Å².